The van der Waals surface area contributed by atoms with Gasteiger partial charge in [0.25, 0.3) is 11.8 Å². The van der Waals surface area contributed by atoms with Crippen molar-refractivity contribution in [2.75, 3.05) is 5.32 Å². The first kappa shape index (κ1) is 18.3. The molecule has 0 aliphatic carbocycles. The molecule has 0 unspecified atom stereocenters. The maximum atomic E-state index is 12.4. The number of nitrogens with zero attached hydrogens (tertiary/aromatic N) is 1. The Morgan fingerprint density at radius 2 is 1.48 bits per heavy atom. The topological polar surface area (TPSA) is 71.1 Å². The van der Waals surface area contributed by atoms with Gasteiger partial charge in [-0.1, -0.05) is 17.7 Å². The van der Waals surface area contributed by atoms with Gasteiger partial charge in [-0.05, 0) is 67.4 Å². The number of carbonyl (C=O) groups excluding carboxylic acids is 2. The van der Waals surface area contributed by atoms with Crippen LogP contribution < -0.4 is 10.6 Å². The number of carbonyl (C=O) groups is 2. The normalized spacial score (nSPS) is 10.3. The van der Waals surface area contributed by atoms with Crippen molar-refractivity contribution in [2.45, 2.75) is 20.4 Å². The molecule has 2 amide bonds. The zero-order chi connectivity index (χ0) is 19.2. The molecule has 0 saturated carbocycles. The smallest absolute Gasteiger partial charge is 0.255 e. The lowest BCUT2D eigenvalue weighted by atomic mass is 10.1. The van der Waals surface area contributed by atoms with Gasteiger partial charge in [0.15, 0.2) is 0 Å². The average molecular weight is 359 g/mol. The quantitative estimate of drug-likeness (QED) is 0.726. The van der Waals surface area contributed by atoms with Crippen molar-refractivity contribution in [2.24, 2.45) is 0 Å². The van der Waals surface area contributed by atoms with Gasteiger partial charge < -0.3 is 10.6 Å². The van der Waals surface area contributed by atoms with Gasteiger partial charge in [0.1, 0.15) is 0 Å². The fourth-order valence-corrected chi connectivity index (χ4v) is 2.71. The number of rotatable bonds is 5. The lowest BCUT2D eigenvalue weighted by molar-refractivity contribution is 0.0949. The Kier molecular flexibility index (Phi) is 5.61. The molecule has 1 heterocycles. The van der Waals surface area contributed by atoms with Crippen molar-refractivity contribution in [3.8, 4) is 0 Å². The van der Waals surface area contributed by atoms with Crippen molar-refractivity contribution in [1.29, 1.82) is 0 Å². The number of aromatic nitrogens is 1. The maximum Gasteiger partial charge on any atom is 0.255 e. The minimum absolute atomic E-state index is 0.187. The highest BCUT2D eigenvalue weighted by molar-refractivity contribution is 6.05. The van der Waals surface area contributed by atoms with Gasteiger partial charge in [0, 0.05) is 35.8 Å². The zero-order valence-electron chi connectivity index (χ0n) is 15.3. The summed E-state index contributed by atoms with van der Waals surface area (Å²) in [5.74, 6) is -0.390. The third kappa shape index (κ3) is 4.79. The van der Waals surface area contributed by atoms with Gasteiger partial charge in [0.2, 0.25) is 0 Å². The number of nitrogens with one attached hydrogen (secondary N) is 2. The molecule has 0 fully saturated rings. The number of benzene rings is 2. The molecule has 5 nitrogen and oxygen atoms in total. The Morgan fingerprint density at radius 3 is 2.11 bits per heavy atom. The zero-order valence-corrected chi connectivity index (χ0v) is 15.3. The van der Waals surface area contributed by atoms with E-state index in [4.69, 9.17) is 0 Å². The Balaban J connectivity index is 1.62. The molecule has 0 spiro atoms. The molecule has 0 atom stereocenters. The van der Waals surface area contributed by atoms with E-state index in [1.54, 1.807) is 36.7 Å². The van der Waals surface area contributed by atoms with Crippen LogP contribution in [0.1, 0.15) is 37.4 Å². The number of hydrogen-bond acceptors (Lipinski definition) is 3. The van der Waals surface area contributed by atoms with Gasteiger partial charge in [-0.25, -0.2) is 0 Å². The van der Waals surface area contributed by atoms with Crippen LogP contribution in [0.3, 0.4) is 0 Å². The van der Waals surface area contributed by atoms with Crippen LogP contribution in [0.15, 0.2) is 67.0 Å². The Labute approximate surface area is 158 Å². The molecule has 2 aromatic carbocycles. The highest BCUT2D eigenvalue weighted by atomic mass is 16.2. The summed E-state index contributed by atoms with van der Waals surface area (Å²) in [5.41, 5.74) is 4.92. The van der Waals surface area contributed by atoms with E-state index in [0.29, 0.717) is 17.7 Å². The highest BCUT2D eigenvalue weighted by Crippen LogP contribution is 2.17. The summed E-state index contributed by atoms with van der Waals surface area (Å²) < 4.78 is 0. The van der Waals surface area contributed by atoms with E-state index in [0.717, 1.165) is 22.4 Å². The Morgan fingerprint density at radius 1 is 0.852 bits per heavy atom. The van der Waals surface area contributed by atoms with Crippen molar-refractivity contribution >= 4 is 17.5 Å². The van der Waals surface area contributed by atoms with E-state index in [1.807, 2.05) is 44.2 Å². The molecular formula is C22H21N3O2. The third-order valence-corrected chi connectivity index (χ3v) is 4.24. The van der Waals surface area contributed by atoms with Gasteiger partial charge in [-0.2, -0.15) is 0 Å². The molecule has 0 bridgehead atoms. The summed E-state index contributed by atoms with van der Waals surface area (Å²) in [7, 11) is 0. The number of pyridine rings is 1. The minimum Gasteiger partial charge on any atom is -0.348 e. The molecule has 0 aliphatic rings. The SMILES string of the molecule is Cc1ccc(NC(=O)c2ccc(C(=O)NCc3ccncc3)cc2)c(C)c1. The first-order valence-corrected chi connectivity index (χ1v) is 8.69. The molecule has 0 saturated heterocycles. The second kappa shape index (κ2) is 8.27. The predicted octanol–water partition coefficient (Wildman–Crippen LogP) is 3.88. The standard InChI is InChI=1S/C22H21N3O2/c1-15-3-8-20(16(2)13-15)25-22(27)19-6-4-18(5-7-19)21(26)24-14-17-9-11-23-12-10-17/h3-13H,14H2,1-2H3,(H,24,26)(H,25,27). The number of aryl methyl sites for hydroxylation is 2. The van der Waals surface area contributed by atoms with E-state index in [9.17, 15) is 9.59 Å². The van der Waals surface area contributed by atoms with Gasteiger partial charge in [-0.15, -0.1) is 0 Å². The molecule has 3 aromatic rings. The maximum absolute atomic E-state index is 12.4. The first-order valence-electron chi connectivity index (χ1n) is 8.69. The molecule has 0 aliphatic heterocycles. The Hall–Kier alpha value is -3.47. The Bertz CT molecular complexity index is 951. The van der Waals surface area contributed by atoms with Crippen molar-refractivity contribution in [1.82, 2.24) is 10.3 Å². The van der Waals surface area contributed by atoms with Crippen LogP contribution in [0.25, 0.3) is 0 Å². The van der Waals surface area contributed by atoms with Crippen LogP contribution in [0.5, 0.6) is 0 Å². The van der Waals surface area contributed by atoms with E-state index >= 15 is 0 Å². The molecule has 3 rings (SSSR count). The minimum atomic E-state index is -0.203. The summed E-state index contributed by atoms with van der Waals surface area (Å²) in [5, 5.41) is 5.75. The highest BCUT2D eigenvalue weighted by Gasteiger charge is 2.10. The molecule has 27 heavy (non-hydrogen) atoms. The van der Waals surface area contributed by atoms with E-state index in [2.05, 4.69) is 15.6 Å². The van der Waals surface area contributed by atoms with E-state index in [1.165, 1.54) is 0 Å². The first-order chi connectivity index (χ1) is 13.0. The van der Waals surface area contributed by atoms with Crippen LogP contribution in [0.2, 0.25) is 0 Å². The predicted molar refractivity (Wildman–Crippen MR) is 106 cm³/mol. The molecule has 2 N–H and O–H groups in total. The van der Waals surface area contributed by atoms with Crippen LogP contribution in [0.4, 0.5) is 5.69 Å². The summed E-state index contributed by atoms with van der Waals surface area (Å²) in [6.07, 6.45) is 3.37. The fourth-order valence-electron chi connectivity index (χ4n) is 2.71. The summed E-state index contributed by atoms with van der Waals surface area (Å²) in [6, 6.07) is 16.2. The monoisotopic (exact) mass is 359 g/mol. The van der Waals surface area contributed by atoms with Gasteiger partial charge in [0.05, 0.1) is 0 Å². The van der Waals surface area contributed by atoms with Crippen LogP contribution in [-0.2, 0) is 6.54 Å². The lowest BCUT2D eigenvalue weighted by Gasteiger charge is -2.10. The third-order valence-electron chi connectivity index (χ3n) is 4.24. The van der Waals surface area contributed by atoms with Crippen molar-refractivity contribution in [3.63, 3.8) is 0 Å². The van der Waals surface area contributed by atoms with Gasteiger partial charge in [-0.3, -0.25) is 14.6 Å². The van der Waals surface area contributed by atoms with Crippen LogP contribution in [0, 0.1) is 13.8 Å². The average Bonchev–Trinajstić information content (AvgIpc) is 2.69. The lowest BCUT2D eigenvalue weighted by Crippen LogP contribution is -2.23. The van der Waals surface area contributed by atoms with Crippen molar-refractivity contribution in [3.05, 3.63) is 94.8 Å². The van der Waals surface area contributed by atoms with Gasteiger partial charge >= 0.3 is 0 Å². The molecule has 1 aromatic heterocycles. The van der Waals surface area contributed by atoms with Crippen LogP contribution >= 0.6 is 0 Å². The second-order valence-corrected chi connectivity index (χ2v) is 6.39. The van der Waals surface area contributed by atoms with Crippen LogP contribution in [-0.4, -0.2) is 16.8 Å². The second-order valence-electron chi connectivity index (χ2n) is 6.39. The summed E-state index contributed by atoms with van der Waals surface area (Å²) in [6.45, 7) is 4.40. The van der Waals surface area contributed by atoms with E-state index in [-0.39, 0.29) is 11.8 Å². The number of anilines is 1. The molecule has 136 valence electrons. The summed E-state index contributed by atoms with van der Waals surface area (Å²) >= 11 is 0. The summed E-state index contributed by atoms with van der Waals surface area (Å²) in [4.78, 5) is 28.6. The number of amides is 2. The molecule has 0 radical (unpaired) electrons. The largest absolute Gasteiger partial charge is 0.348 e. The molecular weight excluding hydrogens is 338 g/mol. The molecule has 5 heteroatoms. The van der Waals surface area contributed by atoms with E-state index < -0.39 is 0 Å². The number of hydrogen-bond donors (Lipinski definition) is 2. The van der Waals surface area contributed by atoms with Crippen molar-refractivity contribution < 1.29 is 9.59 Å². The fraction of sp³-hybridized carbons (Fsp3) is 0.136.